The predicted molar refractivity (Wildman–Crippen MR) is 246 cm³/mol. The zero-order valence-electron chi connectivity index (χ0n) is 34.4. The van der Waals surface area contributed by atoms with Gasteiger partial charge in [-0.2, -0.15) is 0 Å². The molecule has 1 N–H and O–H groups in total. The average Bonchev–Trinajstić information content (AvgIpc) is 3.74. The average molecular weight is 761 g/mol. The van der Waals surface area contributed by atoms with Crippen LogP contribution in [-0.2, 0) is 21.7 Å². The summed E-state index contributed by atoms with van der Waals surface area (Å²) in [5, 5.41) is 9.12. The van der Waals surface area contributed by atoms with Gasteiger partial charge in [-0.25, -0.2) is 0 Å². The van der Waals surface area contributed by atoms with Crippen LogP contribution in [-0.4, -0.2) is 6.85 Å². The molecular weight excluding hydrogens is 711 g/mol. The second-order valence-corrected chi connectivity index (χ2v) is 21.4. The third kappa shape index (κ3) is 4.55. The van der Waals surface area contributed by atoms with E-state index < -0.39 is 0 Å². The van der Waals surface area contributed by atoms with Crippen molar-refractivity contribution in [2.75, 3.05) is 10.1 Å². The van der Waals surface area contributed by atoms with Crippen molar-refractivity contribution in [3.8, 4) is 11.1 Å². The van der Waals surface area contributed by atoms with Gasteiger partial charge in [-0.15, -0.1) is 11.3 Å². The standard InChI is InChI=1S/C52H49BN2OS/c1-49(2)19-20-50(3,4)35-23-29(17-18-34(35)49)55-41-26-37-36(51(5,6)21-22-52(37,7)8)24-33(41)47-46-31-14-9-11-15-42(31)56-43(46)27-40-48(47)53(55)38-25-32-30-13-10-12-16-44(30)57-45(32)28-39(38)54-40/h9-18,23-28,54H,19-22H2,1-8H3. The number of nitrogens with zero attached hydrogens (tertiary/aromatic N) is 1. The molecule has 2 aromatic heterocycles. The molecule has 2 aliphatic heterocycles. The van der Waals surface area contributed by atoms with Crippen molar-refractivity contribution in [1.82, 2.24) is 0 Å². The Kier molecular flexibility index (Phi) is 6.54. The molecule has 0 amide bonds. The summed E-state index contributed by atoms with van der Waals surface area (Å²) in [6.07, 6.45) is 4.73. The SMILES string of the molecule is CC1(C)CCC(C)(C)c2cc(N3B4c5cc6c(cc5Nc5cc7oc8ccccc8c7c(c54)-c4cc5c(cc43)C(C)(C)CCC5(C)C)sc3ccccc36)ccc21. The first kappa shape index (κ1) is 34.1. The fraction of sp³-hybridized carbons (Fsp3) is 0.308. The number of hydrogen-bond donors (Lipinski definition) is 1. The molecule has 0 saturated heterocycles. The van der Waals surface area contributed by atoms with E-state index in [9.17, 15) is 0 Å². The highest BCUT2D eigenvalue weighted by Crippen LogP contribution is 2.55. The lowest BCUT2D eigenvalue weighted by Crippen LogP contribution is -2.60. The first-order valence-electron chi connectivity index (χ1n) is 21.0. The molecule has 282 valence electrons. The zero-order chi connectivity index (χ0) is 39.0. The highest BCUT2D eigenvalue weighted by molar-refractivity contribution is 7.26. The molecule has 0 atom stereocenters. The summed E-state index contributed by atoms with van der Waals surface area (Å²) in [7, 11) is 0. The van der Waals surface area contributed by atoms with E-state index in [0.717, 1.165) is 16.9 Å². The van der Waals surface area contributed by atoms with Crippen LogP contribution in [0.25, 0.3) is 53.2 Å². The van der Waals surface area contributed by atoms with Gasteiger partial charge in [0.1, 0.15) is 11.2 Å². The maximum atomic E-state index is 6.78. The Labute approximate surface area is 340 Å². The first-order chi connectivity index (χ1) is 27.2. The smallest absolute Gasteiger partial charge is 0.333 e. The Hall–Kier alpha value is -5.00. The first-order valence-corrected chi connectivity index (χ1v) is 21.9. The molecule has 0 saturated carbocycles. The number of fused-ring (bicyclic) bond motifs is 13. The molecular formula is C52H49BN2OS. The highest BCUT2D eigenvalue weighted by atomic mass is 32.1. The van der Waals surface area contributed by atoms with Crippen molar-refractivity contribution in [3.05, 3.63) is 119 Å². The minimum Gasteiger partial charge on any atom is -0.456 e. The topological polar surface area (TPSA) is 28.4 Å². The van der Waals surface area contributed by atoms with Gasteiger partial charge in [0.05, 0.1) is 0 Å². The summed E-state index contributed by atoms with van der Waals surface area (Å²) in [5.74, 6) is 0. The molecule has 12 rings (SSSR count). The summed E-state index contributed by atoms with van der Waals surface area (Å²) in [5.41, 5.74) is 18.4. The van der Waals surface area contributed by atoms with Crippen LogP contribution in [0.3, 0.4) is 0 Å². The van der Waals surface area contributed by atoms with Gasteiger partial charge in [-0.1, -0.05) is 104 Å². The third-order valence-electron chi connectivity index (χ3n) is 15.0. The van der Waals surface area contributed by atoms with Gasteiger partial charge < -0.3 is 14.5 Å². The van der Waals surface area contributed by atoms with E-state index in [1.165, 1.54) is 118 Å². The number of furan rings is 1. The van der Waals surface area contributed by atoms with E-state index in [-0.39, 0.29) is 28.5 Å². The van der Waals surface area contributed by atoms with Crippen LogP contribution < -0.4 is 21.1 Å². The number of para-hydroxylation sites is 1. The quantitative estimate of drug-likeness (QED) is 0.169. The van der Waals surface area contributed by atoms with E-state index in [2.05, 4.69) is 163 Å². The molecule has 2 aliphatic carbocycles. The van der Waals surface area contributed by atoms with Gasteiger partial charge in [-0.3, -0.25) is 0 Å². The monoisotopic (exact) mass is 760 g/mol. The van der Waals surface area contributed by atoms with Crippen LogP contribution in [0.15, 0.2) is 101 Å². The van der Waals surface area contributed by atoms with E-state index in [4.69, 9.17) is 4.42 Å². The van der Waals surface area contributed by atoms with Crippen molar-refractivity contribution in [2.24, 2.45) is 0 Å². The van der Waals surface area contributed by atoms with E-state index in [1.807, 2.05) is 11.3 Å². The molecule has 3 nitrogen and oxygen atoms in total. The molecule has 0 spiro atoms. The van der Waals surface area contributed by atoms with Crippen LogP contribution in [0, 0.1) is 0 Å². The van der Waals surface area contributed by atoms with Crippen molar-refractivity contribution >= 4 is 94.0 Å². The van der Waals surface area contributed by atoms with Crippen molar-refractivity contribution < 1.29 is 4.42 Å². The van der Waals surface area contributed by atoms with Crippen molar-refractivity contribution in [3.63, 3.8) is 0 Å². The van der Waals surface area contributed by atoms with Gasteiger partial charge in [0.2, 0.25) is 0 Å². The second-order valence-electron chi connectivity index (χ2n) is 20.3. The van der Waals surface area contributed by atoms with Gasteiger partial charge in [-0.05, 0) is 129 Å². The summed E-state index contributed by atoms with van der Waals surface area (Å²) < 4.78 is 9.43. The van der Waals surface area contributed by atoms with Crippen LogP contribution in [0.2, 0.25) is 0 Å². The Balaban J connectivity index is 1.25. The highest BCUT2D eigenvalue weighted by Gasteiger charge is 2.47. The van der Waals surface area contributed by atoms with Gasteiger partial charge in [0.15, 0.2) is 0 Å². The fourth-order valence-corrected chi connectivity index (χ4v) is 12.5. The fourth-order valence-electron chi connectivity index (χ4n) is 11.4. The maximum Gasteiger partial charge on any atom is 0.333 e. The van der Waals surface area contributed by atoms with Gasteiger partial charge in [0.25, 0.3) is 0 Å². The molecule has 57 heavy (non-hydrogen) atoms. The third-order valence-corrected chi connectivity index (χ3v) is 16.1. The Bertz CT molecular complexity index is 3090. The number of anilines is 4. The number of rotatable bonds is 1. The van der Waals surface area contributed by atoms with Crippen molar-refractivity contribution in [2.45, 2.75) is 103 Å². The number of hydrogen-bond acceptors (Lipinski definition) is 4. The van der Waals surface area contributed by atoms with Crippen molar-refractivity contribution in [1.29, 1.82) is 0 Å². The van der Waals surface area contributed by atoms with Crippen LogP contribution in [0.1, 0.15) is 103 Å². The summed E-state index contributed by atoms with van der Waals surface area (Å²) in [4.78, 5) is 2.76. The molecule has 8 aromatic rings. The lowest BCUT2D eigenvalue weighted by atomic mass is 9.43. The van der Waals surface area contributed by atoms with E-state index in [1.54, 1.807) is 0 Å². The number of nitrogens with one attached hydrogen (secondary N) is 1. The molecule has 0 radical (unpaired) electrons. The molecule has 4 aliphatic rings. The van der Waals surface area contributed by atoms with E-state index >= 15 is 0 Å². The lowest BCUT2D eigenvalue weighted by Gasteiger charge is -2.47. The lowest BCUT2D eigenvalue weighted by molar-refractivity contribution is 0.332. The molecule has 0 fully saturated rings. The van der Waals surface area contributed by atoms with Crippen LogP contribution >= 0.6 is 11.3 Å². The van der Waals surface area contributed by atoms with Gasteiger partial charge >= 0.3 is 6.85 Å². The Morgan fingerprint density at radius 3 is 1.98 bits per heavy atom. The largest absolute Gasteiger partial charge is 0.456 e. The molecule has 6 aromatic carbocycles. The Morgan fingerprint density at radius 1 is 0.579 bits per heavy atom. The second kappa shape index (κ2) is 10.9. The molecule has 4 heterocycles. The van der Waals surface area contributed by atoms with E-state index in [0.29, 0.717) is 0 Å². The van der Waals surface area contributed by atoms with Crippen LogP contribution in [0.4, 0.5) is 22.7 Å². The Morgan fingerprint density at radius 2 is 1.23 bits per heavy atom. The predicted octanol–water partition coefficient (Wildman–Crippen LogP) is 13.6. The minimum absolute atomic E-state index is 0.0565. The van der Waals surface area contributed by atoms with Gasteiger partial charge in [0, 0.05) is 65.3 Å². The normalized spacial score (nSPS) is 19.2. The summed E-state index contributed by atoms with van der Waals surface area (Å²) in [6.45, 7) is 19.6. The summed E-state index contributed by atoms with van der Waals surface area (Å²) >= 11 is 1.89. The molecule has 0 bridgehead atoms. The van der Waals surface area contributed by atoms with Crippen LogP contribution in [0.5, 0.6) is 0 Å². The maximum absolute atomic E-state index is 6.78. The molecule has 0 unspecified atom stereocenters. The summed E-state index contributed by atoms with van der Waals surface area (Å²) in [6, 6.07) is 37.6. The number of benzene rings is 6. The zero-order valence-corrected chi connectivity index (χ0v) is 35.2. The minimum atomic E-state index is -0.0598. The number of thiophene rings is 1. The molecule has 5 heteroatoms.